The van der Waals surface area contributed by atoms with Crippen LogP contribution >= 0.6 is 0 Å². The maximum Gasteiger partial charge on any atom is 0.255 e. The van der Waals surface area contributed by atoms with Gasteiger partial charge in [-0.25, -0.2) is 0 Å². The second-order valence-electron chi connectivity index (χ2n) is 7.73. The summed E-state index contributed by atoms with van der Waals surface area (Å²) in [5, 5.41) is 7.71. The molecule has 0 aliphatic heterocycles. The van der Waals surface area contributed by atoms with Crippen molar-refractivity contribution in [3.63, 3.8) is 0 Å². The van der Waals surface area contributed by atoms with Gasteiger partial charge in [-0.3, -0.25) is 9.59 Å². The third-order valence-electron chi connectivity index (χ3n) is 5.22. The van der Waals surface area contributed by atoms with E-state index in [1.165, 1.54) is 6.92 Å². The van der Waals surface area contributed by atoms with Crippen molar-refractivity contribution >= 4 is 34.0 Å². The highest BCUT2D eigenvalue weighted by molar-refractivity contribution is 6.04. The van der Waals surface area contributed by atoms with Gasteiger partial charge in [0, 0.05) is 34.8 Å². The van der Waals surface area contributed by atoms with Gasteiger partial charge < -0.3 is 20.1 Å². The molecular weight excluding hydrogens is 428 g/mol. The average molecular weight is 455 g/mol. The smallest absolute Gasteiger partial charge is 0.255 e. The first-order valence-corrected chi connectivity index (χ1v) is 11.1. The van der Waals surface area contributed by atoms with Crippen LogP contribution in [0.25, 0.3) is 10.8 Å². The summed E-state index contributed by atoms with van der Waals surface area (Å²) >= 11 is 0. The van der Waals surface area contributed by atoms with Crippen LogP contribution in [0.15, 0.2) is 84.9 Å². The second kappa shape index (κ2) is 10.5. The van der Waals surface area contributed by atoms with Gasteiger partial charge in [0.05, 0.1) is 6.61 Å². The maximum absolute atomic E-state index is 12.9. The van der Waals surface area contributed by atoms with Crippen molar-refractivity contribution in [2.45, 2.75) is 20.5 Å². The molecule has 0 saturated heterocycles. The summed E-state index contributed by atoms with van der Waals surface area (Å²) in [6.45, 7) is 4.13. The van der Waals surface area contributed by atoms with Gasteiger partial charge in [-0.2, -0.15) is 0 Å². The SMILES string of the molecule is CCOc1ccc(C(=O)Nc2ccc(NC(C)=O)cc2)cc1COc1cccc2ccccc12. The van der Waals surface area contributed by atoms with Crippen LogP contribution in [-0.2, 0) is 11.4 Å². The minimum absolute atomic E-state index is 0.149. The fourth-order valence-corrected chi connectivity index (χ4v) is 3.65. The average Bonchev–Trinajstić information content (AvgIpc) is 2.84. The molecule has 0 saturated carbocycles. The quantitative estimate of drug-likeness (QED) is 0.341. The Kier molecular flexibility index (Phi) is 7.08. The summed E-state index contributed by atoms with van der Waals surface area (Å²) in [6.07, 6.45) is 0. The van der Waals surface area contributed by atoms with E-state index in [-0.39, 0.29) is 18.4 Å². The third-order valence-corrected chi connectivity index (χ3v) is 5.22. The van der Waals surface area contributed by atoms with Gasteiger partial charge in [-0.1, -0.05) is 36.4 Å². The van der Waals surface area contributed by atoms with E-state index in [9.17, 15) is 9.59 Å². The van der Waals surface area contributed by atoms with Gasteiger partial charge in [0.15, 0.2) is 0 Å². The molecule has 0 heterocycles. The van der Waals surface area contributed by atoms with Crippen LogP contribution in [0, 0.1) is 0 Å². The summed E-state index contributed by atoms with van der Waals surface area (Å²) in [4.78, 5) is 24.1. The number of carbonyl (C=O) groups is 2. The van der Waals surface area contributed by atoms with Gasteiger partial charge in [0.1, 0.15) is 18.1 Å². The van der Waals surface area contributed by atoms with E-state index < -0.39 is 0 Å². The Morgan fingerprint density at radius 1 is 0.765 bits per heavy atom. The molecule has 0 fully saturated rings. The standard InChI is InChI=1S/C28H26N2O4/c1-3-33-26-16-11-21(28(32)30-24-14-12-23(13-15-24)29-19(2)31)17-22(26)18-34-27-10-6-8-20-7-4-5-9-25(20)27/h4-17H,3,18H2,1-2H3,(H,29,31)(H,30,32). The number of ether oxygens (including phenoxy) is 2. The molecule has 0 aliphatic rings. The molecule has 0 radical (unpaired) electrons. The minimum atomic E-state index is -0.248. The predicted octanol–water partition coefficient (Wildman–Crippen LogP) is 6.03. The van der Waals surface area contributed by atoms with E-state index >= 15 is 0 Å². The number of amides is 2. The Labute approximate surface area is 198 Å². The van der Waals surface area contributed by atoms with E-state index in [0.717, 1.165) is 22.1 Å². The molecule has 172 valence electrons. The highest BCUT2D eigenvalue weighted by atomic mass is 16.5. The van der Waals surface area contributed by atoms with Crippen molar-refractivity contribution in [3.05, 3.63) is 96.1 Å². The first-order valence-electron chi connectivity index (χ1n) is 11.1. The van der Waals surface area contributed by atoms with Crippen molar-refractivity contribution in [2.24, 2.45) is 0 Å². The topological polar surface area (TPSA) is 76.7 Å². The van der Waals surface area contributed by atoms with E-state index in [1.807, 2.05) is 49.4 Å². The first kappa shape index (κ1) is 22.9. The van der Waals surface area contributed by atoms with Crippen molar-refractivity contribution in [2.75, 3.05) is 17.2 Å². The zero-order valence-corrected chi connectivity index (χ0v) is 19.1. The fraction of sp³-hybridized carbons (Fsp3) is 0.143. The molecule has 34 heavy (non-hydrogen) atoms. The van der Waals surface area contributed by atoms with E-state index in [2.05, 4.69) is 10.6 Å². The number of carbonyl (C=O) groups excluding carboxylic acids is 2. The van der Waals surface area contributed by atoms with Crippen LogP contribution < -0.4 is 20.1 Å². The molecule has 0 aliphatic carbocycles. The normalized spacial score (nSPS) is 10.5. The lowest BCUT2D eigenvalue weighted by Gasteiger charge is -2.14. The molecule has 2 N–H and O–H groups in total. The van der Waals surface area contributed by atoms with Gasteiger partial charge in [-0.15, -0.1) is 0 Å². The molecule has 6 nitrogen and oxygen atoms in total. The highest BCUT2D eigenvalue weighted by Crippen LogP contribution is 2.28. The van der Waals surface area contributed by atoms with E-state index in [0.29, 0.717) is 29.3 Å². The van der Waals surface area contributed by atoms with Crippen LogP contribution in [0.3, 0.4) is 0 Å². The van der Waals surface area contributed by atoms with Crippen molar-refractivity contribution in [1.29, 1.82) is 0 Å². The molecule has 4 aromatic rings. The second-order valence-corrected chi connectivity index (χ2v) is 7.73. The number of nitrogens with one attached hydrogen (secondary N) is 2. The molecule has 4 rings (SSSR count). The van der Waals surface area contributed by atoms with Gasteiger partial charge >= 0.3 is 0 Å². The summed E-state index contributed by atoms with van der Waals surface area (Å²) < 4.78 is 11.9. The highest BCUT2D eigenvalue weighted by Gasteiger charge is 2.13. The van der Waals surface area contributed by atoms with Crippen molar-refractivity contribution in [3.8, 4) is 11.5 Å². The van der Waals surface area contributed by atoms with Crippen LogP contribution in [-0.4, -0.2) is 18.4 Å². The summed E-state index contributed by atoms with van der Waals surface area (Å²) in [5.74, 6) is 1.06. The molecule has 2 amide bonds. The monoisotopic (exact) mass is 454 g/mol. The first-order chi connectivity index (χ1) is 16.5. The Bertz CT molecular complexity index is 1310. The van der Waals surface area contributed by atoms with Crippen molar-refractivity contribution < 1.29 is 19.1 Å². The lowest BCUT2D eigenvalue weighted by Crippen LogP contribution is -2.13. The third kappa shape index (κ3) is 5.53. The van der Waals surface area contributed by atoms with Crippen LogP contribution in [0.5, 0.6) is 11.5 Å². The minimum Gasteiger partial charge on any atom is -0.493 e. The number of hydrogen-bond acceptors (Lipinski definition) is 4. The Hall–Kier alpha value is -4.32. The molecule has 0 spiro atoms. The molecule has 0 atom stereocenters. The fourth-order valence-electron chi connectivity index (χ4n) is 3.65. The maximum atomic E-state index is 12.9. The predicted molar refractivity (Wildman–Crippen MR) is 135 cm³/mol. The lowest BCUT2D eigenvalue weighted by molar-refractivity contribution is -0.114. The lowest BCUT2D eigenvalue weighted by atomic mass is 10.1. The van der Waals surface area contributed by atoms with E-state index in [4.69, 9.17) is 9.47 Å². The zero-order chi connectivity index (χ0) is 23.9. The zero-order valence-electron chi connectivity index (χ0n) is 19.1. The Balaban J connectivity index is 1.52. The number of fused-ring (bicyclic) bond motifs is 1. The van der Waals surface area contributed by atoms with Gasteiger partial charge in [0.25, 0.3) is 5.91 Å². The van der Waals surface area contributed by atoms with Gasteiger partial charge in [0.2, 0.25) is 5.91 Å². The van der Waals surface area contributed by atoms with E-state index in [1.54, 1.807) is 42.5 Å². The molecule has 0 unspecified atom stereocenters. The van der Waals surface area contributed by atoms with Crippen LogP contribution in [0.4, 0.5) is 11.4 Å². The number of hydrogen-bond donors (Lipinski definition) is 2. The summed E-state index contributed by atoms with van der Waals surface area (Å²) in [7, 11) is 0. The molecule has 4 aromatic carbocycles. The summed E-state index contributed by atoms with van der Waals surface area (Å²) in [6, 6.07) is 26.2. The Morgan fingerprint density at radius 2 is 1.47 bits per heavy atom. The number of anilines is 2. The van der Waals surface area contributed by atoms with Crippen LogP contribution in [0.1, 0.15) is 29.8 Å². The van der Waals surface area contributed by atoms with Crippen LogP contribution in [0.2, 0.25) is 0 Å². The summed E-state index contributed by atoms with van der Waals surface area (Å²) in [5.41, 5.74) is 2.57. The molecule has 0 bridgehead atoms. The number of benzene rings is 4. The Morgan fingerprint density at radius 3 is 2.21 bits per heavy atom. The largest absolute Gasteiger partial charge is 0.493 e. The van der Waals surface area contributed by atoms with Gasteiger partial charge in [-0.05, 0) is 60.8 Å². The molecule has 0 aromatic heterocycles. The number of rotatable bonds is 8. The van der Waals surface area contributed by atoms with Crippen molar-refractivity contribution in [1.82, 2.24) is 0 Å². The molecular formula is C28H26N2O4. The molecule has 6 heteroatoms.